The van der Waals surface area contributed by atoms with Crippen LogP contribution in [0.3, 0.4) is 0 Å². The van der Waals surface area contributed by atoms with Crippen molar-refractivity contribution in [3.8, 4) is 0 Å². The molecule has 0 N–H and O–H groups in total. The molecule has 0 atom stereocenters. The molecule has 0 amide bonds. The first-order valence-electron chi connectivity index (χ1n) is 24.9. The summed E-state index contributed by atoms with van der Waals surface area (Å²) in [5.74, 6) is -39.0. The van der Waals surface area contributed by atoms with Crippen LogP contribution < -0.4 is 0 Å². The van der Waals surface area contributed by atoms with Crippen molar-refractivity contribution in [1.29, 1.82) is 0 Å². The summed E-state index contributed by atoms with van der Waals surface area (Å²) in [5.41, 5.74) is 0. The number of hydrogen-bond acceptors (Lipinski definition) is 0. The predicted octanol–water partition coefficient (Wildman–Crippen LogP) is 19.6. The second-order valence-corrected chi connectivity index (χ2v) is 20.6. The molecule has 4 saturated carbocycles. The maximum Gasteiger partial charge on any atom is 0.460 e. The quantitative estimate of drug-likeness (QED) is 0.0749. The molecule has 0 heterocycles. The fourth-order valence-electron chi connectivity index (χ4n) is 11.2. The highest BCUT2D eigenvalue weighted by Crippen LogP contribution is 2.59. The molecule has 4 aliphatic rings. The van der Waals surface area contributed by atoms with E-state index in [1.807, 2.05) is 0 Å². The van der Waals surface area contributed by atoms with E-state index in [0.29, 0.717) is 11.8 Å². The van der Waals surface area contributed by atoms with Crippen LogP contribution in [0, 0.1) is 47.3 Å². The monoisotopic (exact) mass is 993 g/mol. The first-order valence-corrected chi connectivity index (χ1v) is 24.9. The predicted molar refractivity (Wildman–Crippen MR) is 220 cm³/mol. The van der Waals surface area contributed by atoms with Gasteiger partial charge in [0.15, 0.2) is 0 Å². The number of rotatable bonds is 22. The zero-order valence-electron chi connectivity index (χ0n) is 38.6. The Balaban J connectivity index is 0.000000351. The molecular formula is C48H74F18. The van der Waals surface area contributed by atoms with Gasteiger partial charge in [0.25, 0.3) is 0 Å². The van der Waals surface area contributed by atoms with E-state index in [-0.39, 0.29) is 37.5 Å². The van der Waals surface area contributed by atoms with Crippen LogP contribution in [0.5, 0.6) is 0 Å². The average Bonchev–Trinajstić information content (AvgIpc) is 3.25. The van der Waals surface area contributed by atoms with E-state index >= 15 is 0 Å². The van der Waals surface area contributed by atoms with Gasteiger partial charge in [0.05, 0.1) is 0 Å². The van der Waals surface area contributed by atoms with E-state index in [1.165, 1.54) is 89.9 Å². The Morgan fingerprint density at radius 1 is 0.258 bits per heavy atom. The normalized spacial score (nSPS) is 28.2. The van der Waals surface area contributed by atoms with E-state index in [1.54, 1.807) is 0 Å². The Labute approximate surface area is 380 Å². The molecule has 392 valence electrons. The van der Waals surface area contributed by atoms with Gasteiger partial charge < -0.3 is 0 Å². The molecular weight excluding hydrogens is 918 g/mol. The lowest BCUT2D eigenvalue weighted by atomic mass is 9.73. The van der Waals surface area contributed by atoms with Crippen LogP contribution in [0.4, 0.5) is 79.0 Å². The van der Waals surface area contributed by atoms with Crippen molar-refractivity contribution in [2.45, 2.75) is 254 Å². The molecule has 0 nitrogen and oxygen atoms in total. The van der Waals surface area contributed by atoms with E-state index in [9.17, 15) is 79.0 Å². The molecule has 0 saturated heterocycles. The highest BCUT2D eigenvalue weighted by molar-refractivity contribution is 5.05. The van der Waals surface area contributed by atoms with Crippen LogP contribution in [0.1, 0.15) is 206 Å². The number of hydrogen-bond donors (Lipinski definition) is 0. The fraction of sp³-hybridized carbons (Fsp3) is 1.00. The van der Waals surface area contributed by atoms with Crippen LogP contribution in [0.15, 0.2) is 0 Å². The minimum absolute atomic E-state index is 0.0279. The summed E-state index contributed by atoms with van der Waals surface area (Å²) in [7, 11) is 0. The summed E-state index contributed by atoms with van der Waals surface area (Å²) in [5, 5.41) is 0. The van der Waals surface area contributed by atoms with Crippen molar-refractivity contribution in [1.82, 2.24) is 0 Å². The lowest BCUT2D eigenvalue weighted by Gasteiger charge is -2.40. The smallest absolute Gasteiger partial charge is 0.199 e. The molecule has 0 spiro atoms. The van der Waals surface area contributed by atoms with E-state index in [0.717, 1.165) is 63.2 Å². The van der Waals surface area contributed by atoms with Crippen molar-refractivity contribution in [3.63, 3.8) is 0 Å². The largest absolute Gasteiger partial charge is 0.460 e. The minimum atomic E-state index is -6.78. The molecule has 0 bridgehead atoms. The van der Waals surface area contributed by atoms with Crippen molar-refractivity contribution < 1.29 is 79.0 Å². The molecule has 66 heavy (non-hydrogen) atoms. The number of unbranched alkanes of at least 4 members (excludes halogenated alkanes) is 6. The second-order valence-electron chi connectivity index (χ2n) is 20.6. The molecule has 0 aromatic carbocycles. The summed E-state index contributed by atoms with van der Waals surface area (Å²) >= 11 is 0. The molecule has 0 aromatic heterocycles. The third-order valence-corrected chi connectivity index (χ3v) is 15.9. The zero-order chi connectivity index (χ0) is 49.8. The molecule has 0 aromatic rings. The minimum Gasteiger partial charge on any atom is -0.199 e. The lowest BCUT2D eigenvalue weighted by Crippen LogP contribution is -2.63. The van der Waals surface area contributed by atoms with E-state index in [2.05, 4.69) is 13.8 Å². The van der Waals surface area contributed by atoms with Gasteiger partial charge in [-0.1, -0.05) is 155 Å². The van der Waals surface area contributed by atoms with Gasteiger partial charge in [-0.2, -0.15) is 79.0 Å². The molecule has 4 aliphatic carbocycles. The Morgan fingerprint density at radius 2 is 0.470 bits per heavy atom. The summed E-state index contributed by atoms with van der Waals surface area (Å²) < 4.78 is 238. The van der Waals surface area contributed by atoms with Crippen molar-refractivity contribution in [2.24, 2.45) is 47.3 Å². The Hall–Kier alpha value is -1.26. The fourth-order valence-corrected chi connectivity index (χ4v) is 11.2. The summed E-state index contributed by atoms with van der Waals surface area (Å²) in [6.07, 6.45) is 10.5. The summed E-state index contributed by atoms with van der Waals surface area (Å²) in [6.45, 7) is 4.37. The van der Waals surface area contributed by atoms with Crippen molar-refractivity contribution in [2.75, 3.05) is 0 Å². The van der Waals surface area contributed by atoms with Gasteiger partial charge in [0, 0.05) is 11.8 Å². The molecule has 0 unspecified atom stereocenters. The van der Waals surface area contributed by atoms with Crippen LogP contribution >= 0.6 is 0 Å². The van der Waals surface area contributed by atoms with Crippen LogP contribution in [-0.2, 0) is 0 Å². The van der Waals surface area contributed by atoms with Gasteiger partial charge >= 0.3 is 47.9 Å². The number of alkyl halides is 18. The van der Waals surface area contributed by atoms with Crippen LogP contribution in [0.25, 0.3) is 0 Å². The van der Waals surface area contributed by atoms with Gasteiger partial charge in [-0.05, 0) is 86.9 Å². The van der Waals surface area contributed by atoms with Crippen molar-refractivity contribution in [3.05, 3.63) is 0 Å². The lowest BCUT2D eigenvalue weighted by molar-refractivity contribution is -0.404. The molecule has 0 radical (unpaired) electrons. The molecule has 4 rings (SSSR count). The third kappa shape index (κ3) is 14.9. The molecule has 4 fully saturated rings. The Bertz CT molecular complexity index is 1340. The zero-order valence-corrected chi connectivity index (χ0v) is 38.6. The maximum atomic E-state index is 14.2. The van der Waals surface area contributed by atoms with E-state index in [4.69, 9.17) is 0 Å². The average molecular weight is 993 g/mol. The third-order valence-electron chi connectivity index (χ3n) is 15.9. The Kier molecular flexibility index (Phi) is 22.1. The first-order chi connectivity index (χ1) is 30.5. The second kappa shape index (κ2) is 24.7. The molecule has 0 aliphatic heterocycles. The Morgan fingerprint density at radius 3 is 0.727 bits per heavy atom. The summed E-state index contributed by atoms with van der Waals surface area (Å²) in [4.78, 5) is 0. The van der Waals surface area contributed by atoms with Gasteiger partial charge in [-0.15, -0.1) is 0 Å². The molecule has 18 heteroatoms. The van der Waals surface area contributed by atoms with Crippen LogP contribution in [-0.4, -0.2) is 47.9 Å². The van der Waals surface area contributed by atoms with Gasteiger partial charge in [0.1, 0.15) is 0 Å². The standard InChI is InChI=1S/C25H39F9.C23H35F9/c1-2-3-4-5-6-7-18-8-10-19(11-9-18)12-13-20-14-16-21(17-15-20)22(26,27)23(28,29)24(30,31)25(32,33)34;1-2-3-4-5-16-6-8-17(9-7-16)10-11-18-12-14-19(15-13-18)20(24,25)21(26,27)22(28,29)23(30,31)32/h18-21H,2-17H2,1H3;16-19H,2-15H2,1H3/t18-,19-,20-,21-;16-,17-,18-,19-. The van der Waals surface area contributed by atoms with Gasteiger partial charge in [0.2, 0.25) is 0 Å². The van der Waals surface area contributed by atoms with Crippen molar-refractivity contribution >= 4 is 0 Å². The van der Waals surface area contributed by atoms with Gasteiger partial charge in [-0.25, -0.2) is 0 Å². The van der Waals surface area contributed by atoms with Crippen LogP contribution in [0.2, 0.25) is 0 Å². The highest BCUT2D eigenvalue weighted by Gasteiger charge is 2.84. The maximum absolute atomic E-state index is 14.2. The number of halogens is 18. The van der Waals surface area contributed by atoms with Gasteiger partial charge in [-0.3, -0.25) is 0 Å². The SMILES string of the molecule is CCCCCCC[C@H]1CC[C@H](CC[C@H]2CC[C@H](C(F)(F)C(F)(F)C(F)(F)C(F)(F)F)CC2)CC1.CCCCC[C@H]1CC[C@H](CC[C@H]2CC[C@H](C(F)(F)C(F)(F)C(F)(F)C(F)(F)F)CC2)CC1. The summed E-state index contributed by atoms with van der Waals surface area (Å²) in [6, 6.07) is 0. The first kappa shape index (κ1) is 59.1. The topological polar surface area (TPSA) is 0 Å². The highest BCUT2D eigenvalue weighted by atomic mass is 19.4. The van der Waals surface area contributed by atoms with E-state index < -0.39 is 85.4 Å².